The maximum absolute atomic E-state index is 5.76. The van der Waals surface area contributed by atoms with Gasteiger partial charge in [0.2, 0.25) is 0 Å². The quantitative estimate of drug-likeness (QED) is 0.543. The molecule has 3 nitrogen and oxygen atoms in total. The molecule has 0 aromatic heterocycles. The van der Waals surface area contributed by atoms with Gasteiger partial charge in [0.15, 0.2) is 0 Å². The van der Waals surface area contributed by atoms with Crippen molar-refractivity contribution >= 4 is 22.6 Å². The molecule has 2 heterocycles. The second-order valence-corrected chi connectivity index (χ2v) is 4.98. The molecule has 0 aromatic rings. The first-order chi connectivity index (χ1) is 6.31. The molecule has 2 rings (SSSR count). The number of alkyl halides is 1. The van der Waals surface area contributed by atoms with E-state index in [1.54, 1.807) is 0 Å². The first-order valence-corrected chi connectivity index (χ1v) is 6.44. The van der Waals surface area contributed by atoms with Crippen molar-refractivity contribution in [1.82, 2.24) is 9.80 Å². The molecule has 2 saturated heterocycles. The van der Waals surface area contributed by atoms with Crippen molar-refractivity contribution < 1.29 is 4.74 Å². The average molecular weight is 296 g/mol. The molecular formula is C9H17IN2O. The summed E-state index contributed by atoms with van der Waals surface area (Å²) in [4.78, 5) is 4.96. The Balaban J connectivity index is 1.92. The third kappa shape index (κ3) is 2.16. The Kier molecular flexibility index (Phi) is 3.45. The number of fused-ring (bicyclic) bond motifs is 1. The van der Waals surface area contributed by atoms with Gasteiger partial charge < -0.3 is 4.74 Å². The van der Waals surface area contributed by atoms with E-state index in [0.29, 0.717) is 12.1 Å². The molecule has 0 aliphatic carbocycles. The van der Waals surface area contributed by atoms with Crippen LogP contribution >= 0.6 is 22.6 Å². The van der Waals surface area contributed by atoms with E-state index in [2.05, 4.69) is 39.4 Å². The van der Waals surface area contributed by atoms with Crippen LogP contribution in [0.1, 0.15) is 0 Å². The van der Waals surface area contributed by atoms with Crippen LogP contribution in [0.5, 0.6) is 0 Å². The van der Waals surface area contributed by atoms with Gasteiger partial charge in [-0.25, -0.2) is 0 Å². The van der Waals surface area contributed by atoms with Crippen LogP contribution in [0, 0.1) is 0 Å². The molecule has 0 bridgehead atoms. The van der Waals surface area contributed by atoms with E-state index >= 15 is 0 Å². The Morgan fingerprint density at radius 1 is 1.46 bits per heavy atom. The van der Waals surface area contributed by atoms with Crippen LogP contribution in [0.2, 0.25) is 0 Å². The van der Waals surface area contributed by atoms with Crippen LogP contribution in [0.3, 0.4) is 0 Å². The summed E-state index contributed by atoms with van der Waals surface area (Å²) in [6.07, 6.45) is 0.474. The lowest BCUT2D eigenvalue weighted by Crippen LogP contribution is -2.48. The van der Waals surface area contributed by atoms with E-state index < -0.39 is 0 Å². The molecule has 2 aliphatic rings. The topological polar surface area (TPSA) is 15.7 Å². The van der Waals surface area contributed by atoms with E-state index in [0.717, 1.165) is 19.7 Å². The van der Waals surface area contributed by atoms with E-state index in [4.69, 9.17) is 4.74 Å². The molecule has 0 saturated carbocycles. The minimum atomic E-state index is 0.474. The van der Waals surface area contributed by atoms with E-state index in [1.165, 1.54) is 17.5 Å². The highest BCUT2D eigenvalue weighted by molar-refractivity contribution is 14.1. The van der Waals surface area contributed by atoms with Gasteiger partial charge in [-0.1, -0.05) is 22.6 Å². The second-order valence-electron chi connectivity index (χ2n) is 3.91. The molecule has 0 radical (unpaired) electrons. The number of likely N-dealkylation sites (tertiary alicyclic amines) is 1. The smallest absolute Gasteiger partial charge is 0.0869 e. The SMILES string of the molecule is CN1CCO[C@@H]2CN(CCI)C[C@H]21. The molecule has 2 fully saturated rings. The van der Waals surface area contributed by atoms with Crippen LogP contribution in [0.25, 0.3) is 0 Å². The summed E-state index contributed by atoms with van der Waals surface area (Å²) < 4.78 is 6.99. The highest BCUT2D eigenvalue weighted by atomic mass is 127. The second kappa shape index (κ2) is 4.42. The molecule has 0 aromatic carbocycles. The van der Waals surface area contributed by atoms with E-state index in [1.807, 2.05) is 0 Å². The van der Waals surface area contributed by atoms with E-state index in [-0.39, 0.29) is 0 Å². The monoisotopic (exact) mass is 296 g/mol. The number of nitrogens with zero attached hydrogens (tertiary/aromatic N) is 2. The third-order valence-corrected chi connectivity index (χ3v) is 3.54. The molecule has 0 spiro atoms. The number of halogens is 1. The molecule has 0 amide bonds. The van der Waals surface area contributed by atoms with Gasteiger partial charge in [0, 0.05) is 36.6 Å². The molecule has 2 atom stereocenters. The van der Waals surface area contributed by atoms with Gasteiger partial charge in [0.25, 0.3) is 0 Å². The van der Waals surface area contributed by atoms with Crippen molar-refractivity contribution in [2.24, 2.45) is 0 Å². The number of hydrogen-bond donors (Lipinski definition) is 0. The fraction of sp³-hybridized carbons (Fsp3) is 1.00. The Labute approximate surface area is 93.5 Å². The lowest BCUT2D eigenvalue weighted by atomic mass is 10.1. The third-order valence-electron chi connectivity index (χ3n) is 3.06. The van der Waals surface area contributed by atoms with Crippen LogP contribution in [0.15, 0.2) is 0 Å². The molecule has 76 valence electrons. The highest BCUT2D eigenvalue weighted by Gasteiger charge is 2.37. The van der Waals surface area contributed by atoms with Gasteiger partial charge in [0.1, 0.15) is 0 Å². The van der Waals surface area contributed by atoms with Crippen molar-refractivity contribution in [3.05, 3.63) is 0 Å². The molecule has 0 unspecified atom stereocenters. The van der Waals surface area contributed by atoms with Crippen LogP contribution in [-0.4, -0.2) is 66.2 Å². The summed E-state index contributed by atoms with van der Waals surface area (Å²) >= 11 is 2.44. The maximum Gasteiger partial charge on any atom is 0.0869 e. The van der Waals surface area contributed by atoms with Gasteiger partial charge in [-0.2, -0.15) is 0 Å². The average Bonchev–Trinajstić information content (AvgIpc) is 2.49. The van der Waals surface area contributed by atoms with Crippen molar-refractivity contribution in [3.63, 3.8) is 0 Å². The van der Waals surface area contributed by atoms with Crippen molar-refractivity contribution in [1.29, 1.82) is 0 Å². The van der Waals surface area contributed by atoms with Crippen LogP contribution < -0.4 is 0 Å². The van der Waals surface area contributed by atoms with Gasteiger partial charge in [-0.05, 0) is 7.05 Å². The summed E-state index contributed by atoms with van der Waals surface area (Å²) in [5, 5.41) is 0. The molecule has 4 heteroatoms. The fourth-order valence-corrected chi connectivity index (χ4v) is 2.92. The van der Waals surface area contributed by atoms with Gasteiger partial charge >= 0.3 is 0 Å². The molecule has 13 heavy (non-hydrogen) atoms. The minimum Gasteiger partial charge on any atom is -0.374 e. The molecule has 2 aliphatic heterocycles. The Bertz CT molecular complexity index is 179. The lowest BCUT2D eigenvalue weighted by molar-refractivity contribution is -0.0369. The number of likely N-dealkylation sites (N-methyl/N-ethyl adjacent to an activating group) is 1. The fourth-order valence-electron chi connectivity index (χ4n) is 2.24. The number of ether oxygens (including phenoxy) is 1. The summed E-state index contributed by atoms with van der Waals surface area (Å²) in [6.45, 7) is 5.56. The van der Waals surface area contributed by atoms with Crippen molar-refractivity contribution in [2.45, 2.75) is 12.1 Å². The standard InChI is InChI=1S/C9H17IN2O/c1-11-4-5-13-9-7-12(3-2-10)6-8(9)11/h8-9H,2-7H2,1H3/t8-,9-/m1/s1. The summed E-state index contributed by atoms with van der Waals surface area (Å²) in [5.74, 6) is 0. The summed E-state index contributed by atoms with van der Waals surface area (Å²) in [7, 11) is 2.22. The Morgan fingerprint density at radius 3 is 3.00 bits per heavy atom. The normalized spacial score (nSPS) is 36.5. The number of rotatable bonds is 2. The maximum atomic E-state index is 5.76. The Hall–Kier alpha value is 0.610. The predicted molar refractivity (Wildman–Crippen MR) is 61.5 cm³/mol. The summed E-state index contributed by atoms with van der Waals surface area (Å²) in [6, 6.07) is 0.650. The predicted octanol–water partition coefficient (Wildman–Crippen LogP) is 0.436. The zero-order valence-electron chi connectivity index (χ0n) is 8.08. The zero-order valence-corrected chi connectivity index (χ0v) is 10.2. The van der Waals surface area contributed by atoms with Gasteiger partial charge in [-0.15, -0.1) is 0 Å². The number of morpholine rings is 1. The van der Waals surface area contributed by atoms with Crippen LogP contribution in [0.4, 0.5) is 0 Å². The Morgan fingerprint density at radius 2 is 2.31 bits per heavy atom. The minimum absolute atomic E-state index is 0.474. The van der Waals surface area contributed by atoms with Crippen molar-refractivity contribution in [2.75, 3.05) is 44.3 Å². The largest absolute Gasteiger partial charge is 0.374 e. The molecule has 0 N–H and O–H groups in total. The highest BCUT2D eigenvalue weighted by Crippen LogP contribution is 2.21. The van der Waals surface area contributed by atoms with Crippen molar-refractivity contribution in [3.8, 4) is 0 Å². The summed E-state index contributed by atoms with van der Waals surface area (Å²) in [5.41, 5.74) is 0. The van der Waals surface area contributed by atoms with Gasteiger partial charge in [-0.3, -0.25) is 9.80 Å². The van der Waals surface area contributed by atoms with E-state index in [9.17, 15) is 0 Å². The first kappa shape index (κ1) is 10.1. The molecular weight excluding hydrogens is 279 g/mol. The van der Waals surface area contributed by atoms with Crippen LogP contribution in [-0.2, 0) is 4.74 Å². The lowest BCUT2D eigenvalue weighted by Gasteiger charge is -2.33. The van der Waals surface area contributed by atoms with Gasteiger partial charge in [0.05, 0.1) is 12.7 Å². The number of hydrogen-bond acceptors (Lipinski definition) is 3. The first-order valence-electron chi connectivity index (χ1n) is 4.91. The zero-order chi connectivity index (χ0) is 9.26.